The third-order valence-electron chi connectivity index (χ3n) is 4.29. The van der Waals surface area contributed by atoms with Crippen LogP contribution < -0.4 is 24.8 Å². The van der Waals surface area contributed by atoms with Gasteiger partial charge in [-0.1, -0.05) is 32.0 Å². The van der Waals surface area contributed by atoms with Gasteiger partial charge in [0.15, 0.2) is 11.5 Å². The Labute approximate surface area is 165 Å². The van der Waals surface area contributed by atoms with E-state index in [1.807, 2.05) is 39.0 Å². The summed E-state index contributed by atoms with van der Waals surface area (Å²) in [7, 11) is 4.43. The van der Waals surface area contributed by atoms with Crippen molar-refractivity contribution in [1.29, 1.82) is 0 Å². The monoisotopic (exact) mass is 386 g/mol. The molecule has 0 aromatic heterocycles. The van der Waals surface area contributed by atoms with Crippen molar-refractivity contribution >= 4 is 23.2 Å². The van der Waals surface area contributed by atoms with E-state index in [9.17, 15) is 9.59 Å². The molecule has 7 nitrogen and oxygen atoms in total. The highest BCUT2D eigenvalue weighted by molar-refractivity contribution is 6.43. The maximum Gasteiger partial charge on any atom is 0.314 e. The average Bonchev–Trinajstić information content (AvgIpc) is 2.68. The molecule has 2 aromatic carbocycles. The lowest BCUT2D eigenvalue weighted by molar-refractivity contribution is -0.133. The molecule has 0 aliphatic rings. The molecule has 2 aromatic rings. The number of carbonyl (C=O) groups is 2. The number of para-hydroxylation sites is 1. The minimum absolute atomic E-state index is 0.202. The quantitative estimate of drug-likeness (QED) is 0.739. The first-order chi connectivity index (χ1) is 13.3. The van der Waals surface area contributed by atoms with Gasteiger partial charge >= 0.3 is 11.8 Å². The molecule has 0 radical (unpaired) electrons. The van der Waals surface area contributed by atoms with Crippen LogP contribution in [0.5, 0.6) is 17.2 Å². The van der Waals surface area contributed by atoms with Gasteiger partial charge in [0.05, 0.1) is 21.3 Å². The van der Waals surface area contributed by atoms with E-state index in [0.29, 0.717) is 28.6 Å². The average molecular weight is 386 g/mol. The third kappa shape index (κ3) is 4.54. The molecule has 0 unspecified atom stereocenters. The van der Waals surface area contributed by atoms with E-state index >= 15 is 0 Å². The van der Waals surface area contributed by atoms with E-state index < -0.39 is 11.8 Å². The van der Waals surface area contributed by atoms with Crippen LogP contribution in [0.2, 0.25) is 0 Å². The van der Waals surface area contributed by atoms with Gasteiger partial charge in [-0.3, -0.25) is 9.59 Å². The zero-order valence-electron chi connectivity index (χ0n) is 17.0. The predicted molar refractivity (Wildman–Crippen MR) is 109 cm³/mol. The second-order valence-corrected chi connectivity index (χ2v) is 6.52. The first-order valence-electron chi connectivity index (χ1n) is 8.84. The van der Waals surface area contributed by atoms with Gasteiger partial charge in [0, 0.05) is 23.5 Å². The van der Waals surface area contributed by atoms with Crippen molar-refractivity contribution in [3.8, 4) is 17.2 Å². The Balaban J connectivity index is 2.23. The minimum Gasteiger partial charge on any atom is -0.493 e. The Morgan fingerprint density at radius 3 is 1.96 bits per heavy atom. The summed E-state index contributed by atoms with van der Waals surface area (Å²) in [5, 5.41) is 5.29. The van der Waals surface area contributed by atoms with Crippen molar-refractivity contribution < 1.29 is 23.8 Å². The number of amides is 2. The van der Waals surface area contributed by atoms with Crippen LogP contribution in [-0.2, 0) is 9.59 Å². The molecular weight excluding hydrogens is 360 g/mol. The Bertz CT molecular complexity index is 852. The number of hydrogen-bond acceptors (Lipinski definition) is 5. The molecule has 28 heavy (non-hydrogen) atoms. The summed E-state index contributed by atoms with van der Waals surface area (Å²) in [6, 6.07) is 8.86. The van der Waals surface area contributed by atoms with E-state index in [-0.39, 0.29) is 5.92 Å². The van der Waals surface area contributed by atoms with E-state index in [2.05, 4.69) is 10.6 Å². The molecule has 0 aliphatic heterocycles. The number of carbonyl (C=O) groups excluding carboxylic acids is 2. The van der Waals surface area contributed by atoms with Gasteiger partial charge in [0.1, 0.15) is 0 Å². The fourth-order valence-electron chi connectivity index (χ4n) is 2.85. The summed E-state index contributed by atoms with van der Waals surface area (Å²) < 4.78 is 15.8. The molecule has 0 aliphatic carbocycles. The lowest BCUT2D eigenvalue weighted by atomic mass is 9.98. The standard InChI is InChI=1S/C21H26N2O5/c1-12(2)15-9-7-8-13(3)18(15)23-21(25)20(24)22-14-10-16(26-4)19(28-6)17(11-14)27-5/h7-12H,1-6H3,(H,22,24)(H,23,25). The summed E-state index contributed by atoms with van der Waals surface area (Å²) in [5.41, 5.74) is 2.86. The van der Waals surface area contributed by atoms with Crippen molar-refractivity contribution in [2.75, 3.05) is 32.0 Å². The predicted octanol–water partition coefficient (Wildman–Crippen LogP) is 3.72. The molecule has 0 heterocycles. The Hall–Kier alpha value is -3.22. The second-order valence-electron chi connectivity index (χ2n) is 6.52. The topological polar surface area (TPSA) is 85.9 Å². The first kappa shape index (κ1) is 21.1. The lowest BCUT2D eigenvalue weighted by Crippen LogP contribution is -2.29. The van der Waals surface area contributed by atoms with E-state index in [1.165, 1.54) is 21.3 Å². The summed E-state index contributed by atoms with van der Waals surface area (Å²) in [5.74, 6) is -0.211. The fraction of sp³-hybridized carbons (Fsp3) is 0.333. The lowest BCUT2D eigenvalue weighted by Gasteiger charge is -2.17. The highest BCUT2D eigenvalue weighted by atomic mass is 16.5. The van der Waals surface area contributed by atoms with Crippen LogP contribution in [0.3, 0.4) is 0 Å². The largest absolute Gasteiger partial charge is 0.493 e. The molecule has 0 saturated carbocycles. The molecule has 0 spiro atoms. The smallest absolute Gasteiger partial charge is 0.314 e. The number of nitrogens with one attached hydrogen (secondary N) is 2. The Morgan fingerprint density at radius 1 is 0.893 bits per heavy atom. The van der Waals surface area contributed by atoms with E-state index in [1.54, 1.807) is 12.1 Å². The number of aryl methyl sites for hydroxylation is 1. The van der Waals surface area contributed by atoms with Crippen molar-refractivity contribution in [2.24, 2.45) is 0 Å². The Kier molecular flexibility index (Phi) is 6.87. The number of benzene rings is 2. The van der Waals surface area contributed by atoms with Crippen molar-refractivity contribution in [1.82, 2.24) is 0 Å². The highest BCUT2D eigenvalue weighted by Gasteiger charge is 2.20. The molecule has 0 bridgehead atoms. The van der Waals surface area contributed by atoms with Crippen LogP contribution in [0.15, 0.2) is 30.3 Å². The van der Waals surface area contributed by atoms with Crippen molar-refractivity contribution in [3.05, 3.63) is 41.5 Å². The van der Waals surface area contributed by atoms with Crippen molar-refractivity contribution in [2.45, 2.75) is 26.7 Å². The number of methoxy groups -OCH3 is 3. The second kappa shape index (κ2) is 9.12. The summed E-state index contributed by atoms with van der Waals surface area (Å²) in [4.78, 5) is 24.9. The molecule has 150 valence electrons. The zero-order valence-corrected chi connectivity index (χ0v) is 17.0. The number of ether oxygens (including phenoxy) is 3. The molecule has 7 heteroatoms. The molecule has 2 amide bonds. The van der Waals surface area contributed by atoms with Gasteiger partial charge in [-0.2, -0.15) is 0 Å². The van der Waals surface area contributed by atoms with Gasteiger partial charge in [0.25, 0.3) is 0 Å². The summed E-state index contributed by atoms with van der Waals surface area (Å²) >= 11 is 0. The third-order valence-corrected chi connectivity index (χ3v) is 4.29. The molecular formula is C21H26N2O5. The zero-order chi connectivity index (χ0) is 20.8. The van der Waals surface area contributed by atoms with Gasteiger partial charge in [0.2, 0.25) is 5.75 Å². The van der Waals surface area contributed by atoms with Crippen LogP contribution in [0.25, 0.3) is 0 Å². The first-order valence-corrected chi connectivity index (χ1v) is 8.84. The van der Waals surface area contributed by atoms with Crippen LogP contribution in [0.4, 0.5) is 11.4 Å². The number of anilines is 2. The van der Waals surface area contributed by atoms with Crippen molar-refractivity contribution in [3.63, 3.8) is 0 Å². The maximum atomic E-state index is 12.5. The van der Waals surface area contributed by atoms with Gasteiger partial charge in [-0.05, 0) is 24.0 Å². The SMILES string of the molecule is COc1cc(NC(=O)C(=O)Nc2c(C)cccc2C(C)C)cc(OC)c1OC. The van der Waals surface area contributed by atoms with Crippen LogP contribution in [0, 0.1) is 6.92 Å². The molecule has 2 rings (SSSR count). The molecule has 0 atom stereocenters. The van der Waals surface area contributed by atoms with Crippen LogP contribution >= 0.6 is 0 Å². The van der Waals surface area contributed by atoms with E-state index in [4.69, 9.17) is 14.2 Å². The molecule has 0 saturated heterocycles. The fourth-order valence-corrected chi connectivity index (χ4v) is 2.85. The van der Waals surface area contributed by atoms with Crippen LogP contribution in [0.1, 0.15) is 30.9 Å². The normalized spacial score (nSPS) is 10.4. The van der Waals surface area contributed by atoms with Gasteiger partial charge in [-0.15, -0.1) is 0 Å². The molecule has 2 N–H and O–H groups in total. The van der Waals surface area contributed by atoms with Gasteiger partial charge in [-0.25, -0.2) is 0 Å². The summed E-state index contributed by atoms with van der Waals surface area (Å²) in [6.07, 6.45) is 0. The molecule has 0 fully saturated rings. The maximum absolute atomic E-state index is 12.5. The number of hydrogen-bond donors (Lipinski definition) is 2. The number of rotatable bonds is 6. The summed E-state index contributed by atoms with van der Waals surface area (Å²) in [6.45, 7) is 5.94. The van der Waals surface area contributed by atoms with Gasteiger partial charge < -0.3 is 24.8 Å². The van der Waals surface area contributed by atoms with E-state index in [0.717, 1.165) is 11.1 Å². The minimum atomic E-state index is -0.799. The van der Waals surface area contributed by atoms with Crippen LogP contribution in [-0.4, -0.2) is 33.1 Å². The Morgan fingerprint density at radius 2 is 1.46 bits per heavy atom. The highest BCUT2D eigenvalue weighted by Crippen LogP contribution is 2.40.